The van der Waals surface area contributed by atoms with Gasteiger partial charge in [-0.25, -0.2) is 9.97 Å². The second-order valence-electron chi connectivity index (χ2n) is 4.76. The van der Waals surface area contributed by atoms with Gasteiger partial charge in [0.2, 0.25) is 0 Å². The molecule has 1 aromatic heterocycles. The quantitative estimate of drug-likeness (QED) is 0.703. The first-order chi connectivity index (χ1) is 7.38. The summed E-state index contributed by atoms with van der Waals surface area (Å²) in [5.41, 5.74) is 2.83. The lowest BCUT2D eigenvalue weighted by molar-refractivity contribution is 0.591. The summed E-state index contributed by atoms with van der Waals surface area (Å²) in [6.07, 6.45) is 0. The van der Waals surface area contributed by atoms with Crippen LogP contribution in [0, 0.1) is 0 Å². The lowest BCUT2D eigenvalue weighted by atomic mass is 9.87. The van der Waals surface area contributed by atoms with Crippen LogP contribution in [-0.4, -0.2) is 9.97 Å². The fourth-order valence-electron chi connectivity index (χ4n) is 1.48. The fraction of sp³-hybridized carbons (Fsp3) is 0.333. The third kappa shape index (κ3) is 2.13. The van der Waals surface area contributed by atoms with Gasteiger partial charge in [-0.3, -0.25) is 0 Å². The number of rotatable bonds is 0. The molecule has 84 valence electrons. The fourth-order valence-corrected chi connectivity index (χ4v) is 1.74. The minimum absolute atomic E-state index is 0.0853. The van der Waals surface area contributed by atoms with Gasteiger partial charge in [0.15, 0.2) is 10.3 Å². The van der Waals surface area contributed by atoms with Gasteiger partial charge in [0.1, 0.15) is 0 Å². The molecule has 2 aromatic rings. The van der Waals surface area contributed by atoms with Crippen LogP contribution in [0.2, 0.25) is 10.3 Å². The van der Waals surface area contributed by atoms with E-state index in [0.717, 1.165) is 11.0 Å². The highest BCUT2D eigenvalue weighted by Gasteiger charge is 2.15. The molecule has 4 heteroatoms. The Balaban J connectivity index is 2.67. The van der Waals surface area contributed by atoms with Gasteiger partial charge in [-0.2, -0.15) is 0 Å². The maximum Gasteiger partial charge on any atom is 0.167 e. The molecule has 0 unspecified atom stereocenters. The molecule has 1 heterocycles. The molecule has 0 aliphatic rings. The lowest BCUT2D eigenvalue weighted by Gasteiger charge is -2.19. The highest BCUT2D eigenvalue weighted by atomic mass is 35.5. The monoisotopic (exact) mass is 254 g/mol. The average Bonchev–Trinajstić information content (AvgIpc) is 2.17. The summed E-state index contributed by atoms with van der Waals surface area (Å²) in [5, 5.41) is 0.498. The number of aromatic nitrogens is 2. The number of hydrogen-bond acceptors (Lipinski definition) is 2. The van der Waals surface area contributed by atoms with Crippen molar-refractivity contribution in [2.24, 2.45) is 0 Å². The third-order valence-corrected chi connectivity index (χ3v) is 3.07. The second kappa shape index (κ2) is 3.86. The zero-order chi connectivity index (χ0) is 11.9. The molecular weight excluding hydrogens is 243 g/mol. The molecule has 2 rings (SSSR count). The molecule has 0 aliphatic carbocycles. The second-order valence-corrected chi connectivity index (χ2v) is 5.47. The predicted octanol–water partition coefficient (Wildman–Crippen LogP) is 4.23. The smallest absolute Gasteiger partial charge is 0.167 e. The van der Waals surface area contributed by atoms with Crippen LogP contribution in [0.5, 0.6) is 0 Å². The Kier molecular flexibility index (Phi) is 2.81. The predicted molar refractivity (Wildman–Crippen MR) is 68.3 cm³/mol. The van der Waals surface area contributed by atoms with Gasteiger partial charge in [0.05, 0.1) is 11.0 Å². The SMILES string of the molecule is CC(C)(C)c1ccc2nc(Cl)c(Cl)nc2c1. The minimum atomic E-state index is 0.0853. The van der Waals surface area contributed by atoms with Crippen molar-refractivity contribution in [3.63, 3.8) is 0 Å². The lowest BCUT2D eigenvalue weighted by Crippen LogP contribution is -2.10. The van der Waals surface area contributed by atoms with E-state index in [-0.39, 0.29) is 15.7 Å². The van der Waals surface area contributed by atoms with Crippen LogP contribution < -0.4 is 0 Å². The Bertz CT molecular complexity index is 544. The molecule has 0 atom stereocenters. The van der Waals surface area contributed by atoms with E-state index in [1.165, 1.54) is 5.56 Å². The zero-order valence-electron chi connectivity index (χ0n) is 9.38. The first-order valence-corrected chi connectivity index (χ1v) is 5.77. The van der Waals surface area contributed by atoms with E-state index in [9.17, 15) is 0 Å². The van der Waals surface area contributed by atoms with Crippen LogP contribution >= 0.6 is 23.2 Å². The Morgan fingerprint density at radius 1 is 0.938 bits per heavy atom. The van der Waals surface area contributed by atoms with E-state index in [0.29, 0.717) is 0 Å². The van der Waals surface area contributed by atoms with Crippen LogP contribution in [0.4, 0.5) is 0 Å². The summed E-state index contributed by atoms with van der Waals surface area (Å²) >= 11 is 11.7. The average molecular weight is 255 g/mol. The Hall–Kier alpha value is -0.860. The molecule has 0 saturated carbocycles. The van der Waals surface area contributed by atoms with E-state index in [2.05, 4.69) is 30.7 Å². The van der Waals surface area contributed by atoms with Crippen molar-refractivity contribution in [2.45, 2.75) is 26.2 Å². The van der Waals surface area contributed by atoms with E-state index in [4.69, 9.17) is 23.2 Å². The van der Waals surface area contributed by atoms with E-state index in [1.54, 1.807) is 0 Å². The molecule has 0 saturated heterocycles. The highest BCUT2D eigenvalue weighted by molar-refractivity contribution is 6.40. The van der Waals surface area contributed by atoms with Crippen LogP contribution in [-0.2, 0) is 5.41 Å². The molecule has 2 nitrogen and oxygen atoms in total. The van der Waals surface area contributed by atoms with Gasteiger partial charge in [-0.05, 0) is 23.1 Å². The minimum Gasteiger partial charge on any atom is -0.231 e. The standard InChI is InChI=1S/C12H12Cl2N2/c1-12(2,3)7-4-5-8-9(6-7)16-11(14)10(13)15-8/h4-6H,1-3H3. The van der Waals surface area contributed by atoms with Gasteiger partial charge in [-0.1, -0.05) is 50.0 Å². The molecule has 0 N–H and O–H groups in total. The van der Waals surface area contributed by atoms with Gasteiger partial charge < -0.3 is 0 Å². The molecule has 0 bridgehead atoms. The van der Waals surface area contributed by atoms with Crippen LogP contribution in [0.3, 0.4) is 0 Å². The third-order valence-electron chi connectivity index (χ3n) is 2.45. The van der Waals surface area contributed by atoms with Gasteiger partial charge in [0.25, 0.3) is 0 Å². The number of fused-ring (bicyclic) bond motifs is 1. The van der Waals surface area contributed by atoms with Crippen molar-refractivity contribution in [2.75, 3.05) is 0 Å². The summed E-state index contributed by atoms with van der Waals surface area (Å²) in [5.74, 6) is 0. The van der Waals surface area contributed by atoms with Crippen molar-refractivity contribution < 1.29 is 0 Å². The number of halogens is 2. The molecule has 1 aromatic carbocycles. The zero-order valence-corrected chi connectivity index (χ0v) is 10.9. The molecule has 0 aliphatic heterocycles. The van der Waals surface area contributed by atoms with Gasteiger partial charge in [0, 0.05) is 0 Å². The molecule has 0 radical (unpaired) electrons. The van der Waals surface area contributed by atoms with E-state index >= 15 is 0 Å². The van der Waals surface area contributed by atoms with Crippen LogP contribution in [0.1, 0.15) is 26.3 Å². The maximum atomic E-state index is 5.85. The highest BCUT2D eigenvalue weighted by Crippen LogP contribution is 2.27. The van der Waals surface area contributed by atoms with Crippen molar-refractivity contribution in [3.05, 3.63) is 34.1 Å². The molecule has 0 amide bonds. The number of nitrogens with zero attached hydrogens (tertiary/aromatic N) is 2. The number of benzene rings is 1. The molecule has 0 spiro atoms. The first kappa shape index (κ1) is 11.6. The van der Waals surface area contributed by atoms with Crippen molar-refractivity contribution in [1.29, 1.82) is 0 Å². The number of hydrogen-bond donors (Lipinski definition) is 0. The van der Waals surface area contributed by atoms with E-state index in [1.807, 2.05) is 18.2 Å². The maximum absolute atomic E-state index is 5.85. The van der Waals surface area contributed by atoms with Crippen LogP contribution in [0.15, 0.2) is 18.2 Å². The molecular formula is C12H12Cl2N2. The summed E-state index contributed by atoms with van der Waals surface area (Å²) in [7, 11) is 0. The molecule has 0 fully saturated rings. The largest absolute Gasteiger partial charge is 0.231 e. The first-order valence-electron chi connectivity index (χ1n) is 5.01. The van der Waals surface area contributed by atoms with Gasteiger partial charge >= 0.3 is 0 Å². The van der Waals surface area contributed by atoms with Crippen molar-refractivity contribution >= 4 is 34.2 Å². The summed E-state index contributed by atoms with van der Waals surface area (Å²) in [6, 6.07) is 5.97. The normalized spacial score (nSPS) is 12.1. The van der Waals surface area contributed by atoms with Crippen molar-refractivity contribution in [1.82, 2.24) is 9.97 Å². The van der Waals surface area contributed by atoms with E-state index < -0.39 is 0 Å². The molecule has 16 heavy (non-hydrogen) atoms. The Morgan fingerprint density at radius 3 is 2.06 bits per heavy atom. The topological polar surface area (TPSA) is 25.8 Å². The van der Waals surface area contributed by atoms with Crippen molar-refractivity contribution in [3.8, 4) is 0 Å². The summed E-state index contributed by atoms with van der Waals surface area (Å²) in [4.78, 5) is 8.39. The van der Waals surface area contributed by atoms with Crippen LogP contribution in [0.25, 0.3) is 11.0 Å². The summed E-state index contributed by atoms with van der Waals surface area (Å²) < 4.78 is 0. The van der Waals surface area contributed by atoms with Gasteiger partial charge in [-0.15, -0.1) is 0 Å². The Morgan fingerprint density at radius 2 is 1.50 bits per heavy atom. The summed E-state index contributed by atoms with van der Waals surface area (Å²) in [6.45, 7) is 6.46. The Labute approximate surface area is 105 Å².